The van der Waals surface area contributed by atoms with Crippen LogP contribution in [0.4, 0.5) is 0 Å². The molecular formula is C18H29ClN2O2S. The average molecular weight is 373 g/mol. The van der Waals surface area contributed by atoms with Crippen LogP contribution in [0.15, 0.2) is 30.3 Å². The van der Waals surface area contributed by atoms with E-state index in [4.69, 9.17) is 0 Å². The Morgan fingerprint density at radius 3 is 2.62 bits per heavy atom. The first-order valence-corrected chi connectivity index (χ1v) is 10.0. The van der Waals surface area contributed by atoms with E-state index in [0.717, 1.165) is 31.5 Å². The first-order chi connectivity index (χ1) is 11.1. The summed E-state index contributed by atoms with van der Waals surface area (Å²) in [7, 11) is -0.927. The molecule has 1 heterocycles. The summed E-state index contributed by atoms with van der Waals surface area (Å²) in [6, 6.07) is 9.83. The van der Waals surface area contributed by atoms with Crippen LogP contribution >= 0.6 is 12.4 Å². The standard InChI is InChI=1S/C18H28N2O2S.ClH/c1-15(17-7-9-19-10-8-17)13-18(21)20-11-12-23(22)14-16-5-3-2-4-6-16;/h2-6,15,17,19H,7-14H2,1H3,(H,20,21);1H. The monoisotopic (exact) mass is 372 g/mol. The van der Waals surface area contributed by atoms with Crippen molar-refractivity contribution in [2.24, 2.45) is 11.8 Å². The Balaban J connectivity index is 0.00000288. The maximum atomic E-state index is 12.0. The SMILES string of the molecule is CC(CC(=O)NCCS(=O)Cc1ccccc1)C1CCNCC1.Cl. The lowest BCUT2D eigenvalue weighted by Crippen LogP contribution is -2.34. The zero-order valence-corrected chi connectivity index (χ0v) is 16.0. The number of benzene rings is 1. The highest BCUT2D eigenvalue weighted by Gasteiger charge is 2.21. The molecule has 2 rings (SSSR count). The second-order valence-corrected chi connectivity index (χ2v) is 7.97. The summed E-state index contributed by atoms with van der Waals surface area (Å²) in [5, 5.41) is 6.28. The molecule has 1 aromatic carbocycles. The number of hydrogen-bond donors (Lipinski definition) is 2. The summed E-state index contributed by atoms with van der Waals surface area (Å²) in [5.41, 5.74) is 1.08. The van der Waals surface area contributed by atoms with E-state index in [1.807, 2.05) is 30.3 Å². The molecule has 1 amide bonds. The summed E-state index contributed by atoms with van der Waals surface area (Å²) >= 11 is 0. The van der Waals surface area contributed by atoms with Crippen molar-refractivity contribution in [3.05, 3.63) is 35.9 Å². The zero-order valence-electron chi connectivity index (χ0n) is 14.3. The number of nitrogens with one attached hydrogen (secondary N) is 2. The van der Waals surface area contributed by atoms with Crippen molar-refractivity contribution < 1.29 is 9.00 Å². The molecule has 0 aliphatic carbocycles. The van der Waals surface area contributed by atoms with Gasteiger partial charge in [-0.3, -0.25) is 9.00 Å². The number of rotatable bonds is 8. The Morgan fingerprint density at radius 1 is 1.29 bits per heavy atom. The minimum absolute atomic E-state index is 0. The van der Waals surface area contributed by atoms with Crippen molar-refractivity contribution in [1.82, 2.24) is 10.6 Å². The van der Waals surface area contributed by atoms with E-state index in [0.29, 0.717) is 36.3 Å². The van der Waals surface area contributed by atoms with Gasteiger partial charge in [-0.1, -0.05) is 37.3 Å². The van der Waals surface area contributed by atoms with Gasteiger partial charge in [0.05, 0.1) is 0 Å². The molecular weight excluding hydrogens is 344 g/mol. The van der Waals surface area contributed by atoms with Crippen LogP contribution in [-0.2, 0) is 21.3 Å². The van der Waals surface area contributed by atoms with E-state index >= 15 is 0 Å². The summed E-state index contributed by atoms with van der Waals surface area (Å²) < 4.78 is 12.0. The lowest BCUT2D eigenvalue weighted by atomic mass is 9.84. The summed E-state index contributed by atoms with van der Waals surface area (Å²) in [6.07, 6.45) is 2.90. The van der Waals surface area contributed by atoms with Crippen molar-refractivity contribution in [3.63, 3.8) is 0 Å². The van der Waals surface area contributed by atoms with Crippen LogP contribution in [0.2, 0.25) is 0 Å². The smallest absolute Gasteiger partial charge is 0.220 e. The molecule has 1 aliphatic rings. The number of amides is 1. The molecule has 0 radical (unpaired) electrons. The normalized spacial score (nSPS) is 17.5. The minimum Gasteiger partial charge on any atom is -0.355 e. The van der Waals surface area contributed by atoms with Gasteiger partial charge >= 0.3 is 0 Å². The van der Waals surface area contributed by atoms with Crippen LogP contribution < -0.4 is 10.6 Å². The lowest BCUT2D eigenvalue weighted by molar-refractivity contribution is -0.122. The van der Waals surface area contributed by atoms with Crippen molar-refractivity contribution >= 4 is 29.1 Å². The van der Waals surface area contributed by atoms with E-state index < -0.39 is 10.8 Å². The van der Waals surface area contributed by atoms with Crippen molar-refractivity contribution in [2.75, 3.05) is 25.4 Å². The van der Waals surface area contributed by atoms with E-state index in [9.17, 15) is 9.00 Å². The molecule has 0 saturated carbocycles. The van der Waals surface area contributed by atoms with Gasteiger partial charge in [0.1, 0.15) is 0 Å². The highest BCUT2D eigenvalue weighted by Crippen LogP contribution is 2.24. The molecule has 6 heteroatoms. The first-order valence-electron chi connectivity index (χ1n) is 8.51. The van der Waals surface area contributed by atoms with Gasteiger partial charge < -0.3 is 10.6 Å². The fraction of sp³-hybridized carbons (Fsp3) is 0.611. The van der Waals surface area contributed by atoms with Crippen LogP contribution in [0.5, 0.6) is 0 Å². The number of halogens is 1. The van der Waals surface area contributed by atoms with Gasteiger partial charge in [-0.05, 0) is 43.3 Å². The fourth-order valence-electron chi connectivity index (χ4n) is 3.08. The highest BCUT2D eigenvalue weighted by atomic mass is 35.5. The zero-order chi connectivity index (χ0) is 16.5. The quantitative estimate of drug-likeness (QED) is 0.737. The number of carbonyl (C=O) groups is 1. The van der Waals surface area contributed by atoms with E-state index in [-0.39, 0.29) is 18.3 Å². The van der Waals surface area contributed by atoms with Gasteiger partial charge in [0.15, 0.2) is 0 Å². The molecule has 4 nitrogen and oxygen atoms in total. The highest BCUT2D eigenvalue weighted by molar-refractivity contribution is 7.84. The third-order valence-electron chi connectivity index (χ3n) is 4.52. The third-order valence-corrected chi connectivity index (χ3v) is 5.83. The van der Waals surface area contributed by atoms with Crippen molar-refractivity contribution in [3.8, 4) is 0 Å². The van der Waals surface area contributed by atoms with Gasteiger partial charge in [0.25, 0.3) is 0 Å². The molecule has 0 bridgehead atoms. The van der Waals surface area contributed by atoms with Gasteiger partial charge in [-0.15, -0.1) is 12.4 Å². The summed E-state index contributed by atoms with van der Waals surface area (Å²) in [6.45, 7) is 4.80. The van der Waals surface area contributed by atoms with E-state index in [1.165, 1.54) is 0 Å². The second kappa shape index (κ2) is 11.6. The molecule has 2 unspecified atom stereocenters. The Hall–Kier alpha value is -0.910. The van der Waals surface area contributed by atoms with Gasteiger partial charge in [-0.25, -0.2) is 0 Å². The van der Waals surface area contributed by atoms with Crippen LogP contribution in [0, 0.1) is 11.8 Å². The summed E-state index contributed by atoms with van der Waals surface area (Å²) in [4.78, 5) is 12.0. The molecule has 136 valence electrons. The number of hydrogen-bond acceptors (Lipinski definition) is 3. The Morgan fingerprint density at radius 2 is 1.96 bits per heavy atom. The molecule has 0 spiro atoms. The average Bonchev–Trinajstić information content (AvgIpc) is 2.56. The van der Waals surface area contributed by atoms with E-state index in [1.54, 1.807) is 0 Å². The lowest BCUT2D eigenvalue weighted by Gasteiger charge is -2.27. The predicted molar refractivity (Wildman–Crippen MR) is 103 cm³/mol. The van der Waals surface area contributed by atoms with Gasteiger partial charge in [-0.2, -0.15) is 0 Å². The Bertz CT molecular complexity index is 507. The predicted octanol–water partition coefficient (Wildman–Crippen LogP) is 2.50. The summed E-state index contributed by atoms with van der Waals surface area (Å²) in [5.74, 6) is 2.23. The molecule has 1 aromatic rings. The second-order valence-electron chi connectivity index (χ2n) is 6.39. The molecule has 1 saturated heterocycles. The largest absolute Gasteiger partial charge is 0.355 e. The molecule has 2 N–H and O–H groups in total. The maximum absolute atomic E-state index is 12.0. The molecule has 0 aromatic heterocycles. The maximum Gasteiger partial charge on any atom is 0.220 e. The van der Waals surface area contributed by atoms with Crippen molar-refractivity contribution in [2.45, 2.75) is 31.9 Å². The van der Waals surface area contributed by atoms with Crippen molar-refractivity contribution in [1.29, 1.82) is 0 Å². The third kappa shape index (κ3) is 7.77. The minimum atomic E-state index is -0.927. The van der Waals surface area contributed by atoms with Crippen LogP contribution in [-0.4, -0.2) is 35.5 Å². The Labute approximate surface area is 154 Å². The molecule has 2 atom stereocenters. The van der Waals surface area contributed by atoms with Crippen LogP contribution in [0.25, 0.3) is 0 Å². The molecule has 1 aliphatic heterocycles. The topological polar surface area (TPSA) is 58.2 Å². The molecule has 1 fully saturated rings. The fourth-order valence-corrected chi connectivity index (χ4v) is 4.12. The molecule has 24 heavy (non-hydrogen) atoms. The Kier molecular flexibility index (Phi) is 10.2. The van der Waals surface area contributed by atoms with Gasteiger partial charge in [0.2, 0.25) is 5.91 Å². The number of piperidine rings is 1. The number of carbonyl (C=O) groups excluding carboxylic acids is 1. The van der Waals surface area contributed by atoms with Crippen LogP contribution in [0.3, 0.4) is 0 Å². The van der Waals surface area contributed by atoms with E-state index in [2.05, 4.69) is 17.6 Å². The van der Waals surface area contributed by atoms with Crippen LogP contribution in [0.1, 0.15) is 31.7 Å². The van der Waals surface area contributed by atoms with Gasteiger partial charge in [0, 0.05) is 35.3 Å². The first kappa shape index (κ1) is 21.1.